The topological polar surface area (TPSA) is 70.4 Å². The van der Waals surface area contributed by atoms with Gasteiger partial charge in [0, 0.05) is 6.20 Å². The van der Waals surface area contributed by atoms with Crippen molar-refractivity contribution in [2.24, 2.45) is 0 Å². The van der Waals surface area contributed by atoms with Crippen molar-refractivity contribution in [3.05, 3.63) is 77.6 Å². The molecule has 0 aliphatic carbocycles. The van der Waals surface area contributed by atoms with Gasteiger partial charge < -0.3 is 9.47 Å². The van der Waals surface area contributed by atoms with E-state index in [4.69, 9.17) is 4.74 Å². The minimum atomic E-state index is -3.07. The lowest BCUT2D eigenvalue weighted by Gasteiger charge is -2.11. The molecule has 0 aliphatic rings. The average Bonchev–Trinajstić information content (AvgIpc) is 3.18. The Morgan fingerprint density at radius 1 is 1.14 bits per heavy atom. The summed E-state index contributed by atoms with van der Waals surface area (Å²) in [5.41, 5.74) is 1.52. The van der Waals surface area contributed by atoms with Crippen molar-refractivity contribution < 1.29 is 27.8 Å². The number of aryl methyl sites for hydroxylation is 1. The first-order valence-electron chi connectivity index (χ1n) is 8.30. The maximum absolute atomic E-state index is 12.5. The van der Waals surface area contributed by atoms with E-state index < -0.39 is 25.0 Å². The molecule has 0 N–H and O–H groups in total. The number of hydrogen-bond acceptors (Lipinski definition) is 5. The molecule has 6 nitrogen and oxygen atoms in total. The van der Waals surface area contributed by atoms with Gasteiger partial charge in [-0.05, 0) is 31.2 Å². The van der Waals surface area contributed by atoms with Gasteiger partial charge in [0.25, 0.3) is 0 Å². The van der Waals surface area contributed by atoms with Crippen molar-refractivity contribution in [2.45, 2.75) is 13.5 Å². The van der Waals surface area contributed by atoms with E-state index in [9.17, 15) is 18.4 Å². The Morgan fingerprint density at radius 2 is 1.89 bits per heavy atom. The van der Waals surface area contributed by atoms with E-state index in [1.165, 1.54) is 29.2 Å². The Morgan fingerprint density at radius 3 is 2.61 bits per heavy atom. The van der Waals surface area contributed by atoms with Gasteiger partial charge in [-0.15, -0.1) is 0 Å². The Bertz CT molecular complexity index is 987. The average molecular weight is 386 g/mol. The number of halogens is 2. The molecule has 0 aliphatic heterocycles. The molecule has 8 heteroatoms. The standard InChI is InChI=1S/C20H16F2N2O4/c1-13-7-8-18(28-20(21)22)16(9-13)17(25)12-27-19(26)14-10-23-24(11-14)15-5-3-2-4-6-15/h2-11,20H,12H2,1H3. The third kappa shape index (κ3) is 4.59. The van der Waals surface area contributed by atoms with E-state index in [0.29, 0.717) is 5.56 Å². The number of rotatable bonds is 7. The molecule has 144 valence electrons. The highest BCUT2D eigenvalue weighted by molar-refractivity contribution is 6.01. The van der Waals surface area contributed by atoms with Gasteiger partial charge in [0.05, 0.1) is 23.0 Å². The number of nitrogens with zero attached hydrogens (tertiary/aromatic N) is 2. The number of benzene rings is 2. The first-order chi connectivity index (χ1) is 13.4. The lowest BCUT2D eigenvalue weighted by molar-refractivity contribution is -0.0502. The van der Waals surface area contributed by atoms with Crippen molar-refractivity contribution in [3.8, 4) is 11.4 Å². The van der Waals surface area contributed by atoms with Gasteiger partial charge in [-0.25, -0.2) is 9.48 Å². The normalized spacial score (nSPS) is 10.7. The fraction of sp³-hybridized carbons (Fsp3) is 0.150. The van der Waals surface area contributed by atoms with E-state index in [1.807, 2.05) is 30.3 Å². The van der Waals surface area contributed by atoms with Crippen LogP contribution in [0.3, 0.4) is 0 Å². The van der Waals surface area contributed by atoms with Crippen molar-refractivity contribution in [1.29, 1.82) is 0 Å². The molecule has 0 amide bonds. The second-order valence-electron chi connectivity index (χ2n) is 5.89. The number of esters is 1. The van der Waals surface area contributed by atoms with Crippen LogP contribution < -0.4 is 4.74 Å². The summed E-state index contributed by atoms with van der Waals surface area (Å²) in [5.74, 6) is -1.67. The number of Topliss-reactive ketones (excluding diaryl/α,β-unsaturated/α-hetero) is 1. The van der Waals surface area contributed by atoms with E-state index >= 15 is 0 Å². The van der Waals surface area contributed by atoms with Crippen LogP contribution in [-0.4, -0.2) is 34.8 Å². The van der Waals surface area contributed by atoms with Gasteiger partial charge >= 0.3 is 12.6 Å². The monoisotopic (exact) mass is 386 g/mol. The van der Waals surface area contributed by atoms with Gasteiger partial charge in [-0.3, -0.25) is 4.79 Å². The number of carbonyl (C=O) groups is 2. The Balaban J connectivity index is 1.67. The SMILES string of the molecule is Cc1ccc(OC(F)F)c(C(=O)COC(=O)c2cnn(-c3ccccc3)c2)c1. The van der Waals surface area contributed by atoms with Crippen molar-refractivity contribution in [3.63, 3.8) is 0 Å². The van der Waals surface area contributed by atoms with E-state index in [1.54, 1.807) is 13.0 Å². The van der Waals surface area contributed by atoms with Gasteiger partial charge in [-0.2, -0.15) is 13.9 Å². The van der Waals surface area contributed by atoms with E-state index in [2.05, 4.69) is 9.84 Å². The molecule has 3 aromatic rings. The van der Waals surface area contributed by atoms with Gasteiger partial charge in [-0.1, -0.05) is 29.8 Å². The van der Waals surface area contributed by atoms with E-state index in [0.717, 1.165) is 5.69 Å². The number of para-hydroxylation sites is 1. The summed E-state index contributed by atoms with van der Waals surface area (Å²) in [5, 5.41) is 4.08. The van der Waals surface area contributed by atoms with Gasteiger partial charge in [0.1, 0.15) is 5.75 Å². The Hall–Kier alpha value is -3.55. The molecule has 0 radical (unpaired) electrons. The third-order valence-electron chi connectivity index (χ3n) is 3.82. The Labute approximate surface area is 159 Å². The molecule has 2 aromatic carbocycles. The summed E-state index contributed by atoms with van der Waals surface area (Å²) in [7, 11) is 0. The molecular weight excluding hydrogens is 370 g/mol. The third-order valence-corrected chi connectivity index (χ3v) is 3.82. The zero-order valence-electron chi connectivity index (χ0n) is 14.8. The summed E-state index contributed by atoms with van der Waals surface area (Å²) in [4.78, 5) is 24.5. The predicted molar refractivity (Wildman–Crippen MR) is 96.0 cm³/mol. The fourth-order valence-corrected chi connectivity index (χ4v) is 2.50. The molecule has 0 saturated carbocycles. The smallest absolute Gasteiger partial charge is 0.387 e. The molecule has 0 fully saturated rings. The molecular formula is C20H16F2N2O4. The molecule has 0 spiro atoms. The number of ether oxygens (including phenoxy) is 2. The summed E-state index contributed by atoms with van der Waals surface area (Å²) in [6.07, 6.45) is 2.79. The van der Waals surface area contributed by atoms with Crippen LogP contribution in [0.5, 0.6) is 5.75 Å². The number of ketones is 1. The number of aromatic nitrogens is 2. The van der Waals surface area contributed by atoms with Crippen molar-refractivity contribution in [2.75, 3.05) is 6.61 Å². The minimum absolute atomic E-state index is 0.0759. The quantitative estimate of drug-likeness (QED) is 0.456. The molecule has 1 heterocycles. The van der Waals surface area contributed by atoms with Crippen molar-refractivity contribution in [1.82, 2.24) is 9.78 Å². The number of hydrogen-bond donors (Lipinski definition) is 0. The minimum Gasteiger partial charge on any atom is -0.454 e. The maximum Gasteiger partial charge on any atom is 0.387 e. The molecule has 1 aromatic heterocycles. The second-order valence-corrected chi connectivity index (χ2v) is 5.89. The van der Waals surface area contributed by atoms with Crippen LogP contribution in [0.1, 0.15) is 26.3 Å². The molecule has 0 unspecified atom stereocenters. The largest absolute Gasteiger partial charge is 0.454 e. The second kappa shape index (κ2) is 8.43. The summed E-state index contributed by atoms with van der Waals surface area (Å²) < 4.78 is 35.9. The van der Waals surface area contributed by atoms with Crippen molar-refractivity contribution >= 4 is 11.8 Å². The number of carbonyl (C=O) groups excluding carboxylic acids is 2. The van der Waals surface area contributed by atoms with Gasteiger partial charge in [0.15, 0.2) is 6.61 Å². The molecule has 28 heavy (non-hydrogen) atoms. The first-order valence-corrected chi connectivity index (χ1v) is 8.30. The highest BCUT2D eigenvalue weighted by Crippen LogP contribution is 2.23. The van der Waals surface area contributed by atoms with Gasteiger partial charge in [0.2, 0.25) is 5.78 Å². The summed E-state index contributed by atoms with van der Waals surface area (Å²) >= 11 is 0. The van der Waals surface area contributed by atoms with Crippen LogP contribution in [0.2, 0.25) is 0 Å². The summed E-state index contributed by atoms with van der Waals surface area (Å²) in [6.45, 7) is -1.98. The van der Waals surface area contributed by atoms with Crippen LogP contribution >= 0.6 is 0 Å². The van der Waals surface area contributed by atoms with E-state index in [-0.39, 0.29) is 16.9 Å². The van der Waals surface area contributed by atoms with Crippen LogP contribution in [0.25, 0.3) is 5.69 Å². The molecule has 0 saturated heterocycles. The molecule has 0 atom stereocenters. The summed E-state index contributed by atoms with van der Waals surface area (Å²) in [6, 6.07) is 13.4. The van der Waals surface area contributed by atoms with Crippen LogP contribution in [0.4, 0.5) is 8.78 Å². The molecule has 0 bridgehead atoms. The highest BCUT2D eigenvalue weighted by atomic mass is 19.3. The predicted octanol–water partition coefficient (Wildman–Crippen LogP) is 3.82. The van der Waals surface area contributed by atoms with Crippen LogP contribution in [-0.2, 0) is 4.74 Å². The zero-order valence-corrected chi connectivity index (χ0v) is 14.8. The van der Waals surface area contributed by atoms with Crippen LogP contribution in [0.15, 0.2) is 60.9 Å². The highest BCUT2D eigenvalue weighted by Gasteiger charge is 2.19. The Kier molecular flexibility index (Phi) is 5.78. The zero-order chi connectivity index (χ0) is 20.1. The number of alkyl halides is 2. The molecule has 3 rings (SSSR count). The van der Waals surface area contributed by atoms with Crippen LogP contribution in [0, 0.1) is 6.92 Å². The lowest BCUT2D eigenvalue weighted by atomic mass is 10.1. The lowest BCUT2D eigenvalue weighted by Crippen LogP contribution is -2.16. The first kappa shape index (κ1) is 19.2. The fourth-order valence-electron chi connectivity index (χ4n) is 2.50. The maximum atomic E-state index is 12.5.